The largest absolute Gasteiger partial charge is 0.207 e. The molecule has 0 aromatic heterocycles. The highest BCUT2D eigenvalue weighted by Crippen LogP contribution is 2.33. The Labute approximate surface area is 116 Å². The zero-order valence-electron chi connectivity index (χ0n) is 8.93. The number of rotatable bonds is 2. The molecule has 0 aliphatic heterocycles. The summed E-state index contributed by atoms with van der Waals surface area (Å²) in [5, 5.41) is -0.867. The molecule has 0 aliphatic rings. The highest BCUT2D eigenvalue weighted by molar-refractivity contribution is 9.10. The smallest absolute Gasteiger partial charge is 0.137 e. The van der Waals surface area contributed by atoms with E-state index < -0.39 is 22.8 Å². The third-order valence-corrected chi connectivity index (χ3v) is 3.57. The second kappa shape index (κ2) is 5.33. The van der Waals surface area contributed by atoms with Crippen molar-refractivity contribution in [2.24, 2.45) is 0 Å². The molecule has 2 aromatic carbocycles. The van der Waals surface area contributed by atoms with Crippen molar-refractivity contribution in [1.29, 1.82) is 0 Å². The van der Waals surface area contributed by atoms with E-state index in [9.17, 15) is 13.2 Å². The first kappa shape index (κ1) is 13.4. The van der Waals surface area contributed by atoms with Crippen LogP contribution in [0.5, 0.6) is 0 Å². The average Bonchev–Trinajstić information content (AvgIpc) is 2.34. The lowest BCUT2D eigenvalue weighted by atomic mass is 10.0. The number of hydrogen-bond donors (Lipinski definition) is 0. The summed E-state index contributed by atoms with van der Waals surface area (Å²) in [4.78, 5) is 0. The van der Waals surface area contributed by atoms with Crippen molar-refractivity contribution in [1.82, 2.24) is 0 Å². The van der Waals surface area contributed by atoms with Gasteiger partial charge >= 0.3 is 0 Å². The van der Waals surface area contributed by atoms with Crippen LogP contribution in [0.1, 0.15) is 16.5 Å². The van der Waals surface area contributed by atoms with Gasteiger partial charge in [0.15, 0.2) is 0 Å². The minimum Gasteiger partial charge on any atom is -0.207 e. The molecule has 1 unspecified atom stereocenters. The van der Waals surface area contributed by atoms with Crippen molar-refractivity contribution in [2.75, 3.05) is 0 Å². The molecular weight excluding hydrogens is 328 g/mol. The van der Waals surface area contributed by atoms with Crippen molar-refractivity contribution in [3.8, 4) is 0 Å². The van der Waals surface area contributed by atoms with Crippen LogP contribution in [0.3, 0.4) is 0 Å². The van der Waals surface area contributed by atoms with Crippen LogP contribution in [0.15, 0.2) is 40.9 Å². The number of alkyl halides is 1. The molecule has 0 fully saturated rings. The average molecular weight is 336 g/mol. The highest BCUT2D eigenvalue weighted by Gasteiger charge is 2.17. The molecule has 0 radical (unpaired) electrons. The van der Waals surface area contributed by atoms with E-state index in [0.717, 1.165) is 12.1 Å². The Kier molecular flexibility index (Phi) is 3.97. The highest BCUT2D eigenvalue weighted by atomic mass is 79.9. The molecule has 0 saturated heterocycles. The van der Waals surface area contributed by atoms with Gasteiger partial charge in [0, 0.05) is 5.56 Å². The predicted molar refractivity (Wildman–Crippen MR) is 68.2 cm³/mol. The fourth-order valence-corrected chi connectivity index (χ4v) is 2.17. The van der Waals surface area contributed by atoms with Crippen LogP contribution in [0.2, 0.25) is 0 Å². The van der Waals surface area contributed by atoms with E-state index in [-0.39, 0.29) is 10.0 Å². The third kappa shape index (κ3) is 2.70. The van der Waals surface area contributed by atoms with Crippen LogP contribution in [0.4, 0.5) is 13.2 Å². The number of halogens is 5. The van der Waals surface area contributed by atoms with Crippen molar-refractivity contribution in [3.63, 3.8) is 0 Å². The summed E-state index contributed by atoms with van der Waals surface area (Å²) in [5.74, 6) is -1.63. The van der Waals surface area contributed by atoms with Crippen molar-refractivity contribution in [3.05, 3.63) is 69.4 Å². The van der Waals surface area contributed by atoms with Crippen LogP contribution in [-0.4, -0.2) is 0 Å². The van der Waals surface area contributed by atoms with E-state index in [0.29, 0.717) is 5.56 Å². The maximum absolute atomic E-state index is 13.7. The molecule has 5 heteroatoms. The number of hydrogen-bond acceptors (Lipinski definition) is 0. The van der Waals surface area contributed by atoms with Crippen molar-refractivity contribution < 1.29 is 13.2 Å². The van der Waals surface area contributed by atoms with E-state index in [4.69, 9.17) is 11.6 Å². The van der Waals surface area contributed by atoms with Gasteiger partial charge in [-0.2, -0.15) is 0 Å². The Morgan fingerprint density at radius 1 is 0.944 bits per heavy atom. The molecule has 0 N–H and O–H groups in total. The molecule has 0 spiro atoms. The SMILES string of the molecule is Fc1ccc(C(Cl)c2cc(F)c(Br)cc2F)cc1. The van der Waals surface area contributed by atoms with Gasteiger partial charge in [-0.15, -0.1) is 11.6 Å². The number of benzene rings is 2. The van der Waals surface area contributed by atoms with Crippen LogP contribution in [0.25, 0.3) is 0 Å². The minimum absolute atomic E-state index is 0.0176. The monoisotopic (exact) mass is 334 g/mol. The van der Waals surface area contributed by atoms with Gasteiger partial charge in [-0.25, -0.2) is 13.2 Å². The van der Waals surface area contributed by atoms with E-state index in [1.807, 2.05) is 0 Å². The summed E-state index contributed by atoms with van der Waals surface area (Å²) in [6.07, 6.45) is 0. The summed E-state index contributed by atoms with van der Waals surface area (Å²) < 4.78 is 39.9. The summed E-state index contributed by atoms with van der Waals surface area (Å²) in [7, 11) is 0. The van der Waals surface area contributed by atoms with Crippen LogP contribution in [0, 0.1) is 17.5 Å². The second-order valence-electron chi connectivity index (χ2n) is 3.70. The Morgan fingerprint density at radius 2 is 1.56 bits per heavy atom. The second-order valence-corrected chi connectivity index (χ2v) is 4.99. The van der Waals surface area contributed by atoms with E-state index in [1.54, 1.807) is 0 Å². The molecule has 1 atom stereocenters. The Balaban J connectivity index is 2.42. The standard InChI is InChI=1S/C13H7BrClF3/c14-10-6-11(17)9(5-12(10)18)13(15)7-1-3-8(16)4-2-7/h1-6,13H. The van der Waals surface area contributed by atoms with Gasteiger partial charge in [-0.3, -0.25) is 0 Å². The van der Waals surface area contributed by atoms with Gasteiger partial charge < -0.3 is 0 Å². The van der Waals surface area contributed by atoms with E-state index in [1.165, 1.54) is 24.3 Å². The lowest BCUT2D eigenvalue weighted by Gasteiger charge is -2.12. The first-order valence-corrected chi connectivity index (χ1v) is 6.26. The lowest BCUT2D eigenvalue weighted by molar-refractivity contribution is 0.582. The van der Waals surface area contributed by atoms with Crippen LogP contribution < -0.4 is 0 Å². The Morgan fingerprint density at radius 3 is 2.17 bits per heavy atom. The Hall–Kier alpha value is -1.00. The van der Waals surface area contributed by atoms with E-state index in [2.05, 4.69) is 15.9 Å². The van der Waals surface area contributed by atoms with Gasteiger partial charge in [-0.05, 0) is 45.8 Å². The normalized spacial score (nSPS) is 12.5. The van der Waals surface area contributed by atoms with Crippen molar-refractivity contribution in [2.45, 2.75) is 5.38 Å². The van der Waals surface area contributed by atoms with Gasteiger partial charge in [0.2, 0.25) is 0 Å². The van der Waals surface area contributed by atoms with Gasteiger partial charge in [0.1, 0.15) is 17.5 Å². The molecule has 2 aromatic rings. The molecule has 94 valence electrons. The zero-order chi connectivity index (χ0) is 13.3. The molecule has 0 saturated carbocycles. The minimum atomic E-state index is -0.867. The maximum atomic E-state index is 13.7. The summed E-state index contributed by atoms with van der Waals surface area (Å²) in [6.45, 7) is 0. The molecule has 0 heterocycles. The Bertz CT molecular complexity index is 569. The zero-order valence-corrected chi connectivity index (χ0v) is 11.3. The molecule has 0 nitrogen and oxygen atoms in total. The molecular formula is C13H7BrClF3. The summed E-state index contributed by atoms with van der Waals surface area (Å²) in [5.41, 5.74) is 0.516. The van der Waals surface area contributed by atoms with Gasteiger partial charge in [-0.1, -0.05) is 12.1 Å². The topological polar surface area (TPSA) is 0 Å². The molecule has 2 rings (SSSR count). The summed E-state index contributed by atoms with van der Waals surface area (Å²) in [6, 6.07) is 7.36. The van der Waals surface area contributed by atoms with E-state index >= 15 is 0 Å². The molecule has 18 heavy (non-hydrogen) atoms. The first-order chi connectivity index (χ1) is 8.49. The van der Waals surface area contributed by atoms with Gasteiger partial charge in [0.05, 0.1) is 9.85 Å². The van der Waals surface area contributed by atoms with Crippen LogP contribution in [-0.2, 0) is 0 Å². The fourth-order valence-electron chi connectivity index (χ4n) is 1.54. The van der Waals surface area contributed by atoms with Gasteiger partial charge in [0.25, 0.3) is 0 Å². The van der Waals surface area contributed by atoms with Crippen LogP contribution >= 0.6 is 27.5 Å². The third-order valence-electron chi connectivity index (χ3n) is 2.48. The molecule has 0 aliphatic carbocycles. The predicted octanol–water partition coefficient (Wildman–Crippen LogP) is 5.19. The quantitative estimate of drug-likeness (QED) is 0.523. The first-order valence-electron chi connectivity index (χ1n) is 5.03. The molecule has 0 amide bonds. The summed E-state index contributed by atoms with van der Waals surface area (Å²) >= 11 is 8.96. The molecule has 0 bridgehead atoms. The van der Waals surface area contributed by atoms with Crippen molar-refractivity contribution >= 4 is 27.5 Å². The fraction of sp³-hybridized carbons (Fsp3) is 0.0769. The lowest BCUT2D eigenvalue weighted by Crippen LogP contribution is -1.99. The maximum Gasteiger partial charge on any atom is 0.137 e.